The van der Waals surface area contributed by atoms with Crippen molar-refractivity contribution in [3.63, 3.8) is 0 Å². The first-order valence-corrected chi connectivity index (χ1v) is 8.51. The van der Waals surface area contributed by atoms with Crippen LogP contribution in [0.15, 0.2) is 52.2 Å². The van der Waals surface area contributed by atoms with E-state index in [1.54, 1.807) is 11.9 Å². The van der Waals surface area contributed by atoms with Crippen molar-refractivity contribution >= 4 is 17.7 Å². The molecule has 1 aromatic heterocycles. The van der Waals surface area contributed by atoms with Crippen LogP contribution in [0, 0.1) is 0 Å². The van der Waals surface area contributed by atoms with Crippen molar-refractivity contribution in [3.05, 3.63) is 69.0 Å². The number of aromatic nitrogens is 2. The summed E-state index contributed by atoms with van der Waals surface area (Å²) in [5, 5.41) is 0. The average molecular weight is 354 g/mol. The van der Waals surface area contributed by atoms with Crippen molar-refractivity contribution in [2.24, 2.45) is 14.1 Å². The van der Waals surface area contributed by atoms with Gasteiger partial charge in [0.1, 0.15) is 0 Å². The topological polar surface area (TPSA) is 67.6 Å². The van der Waals surface area contributed by atoms with Gasteiger partial charge in [0.05, 0.1) is 5.56 Å². The first-order valence-electron chi connectivity index (χ1n) is 8.51. The number of anilines is 1. The normalized spacial score (nSPS) is 14.8. The summed E-state index contributed by atoms with van der Waals surface area (Å²) in [4.78, 5) is 40.2. The van der Waals surface area contributed by atoms with Gasteiger partial charge in [-0.15, -0.1) is 0 Å². The van der Waals surface area contributed by atoms with E-state index in [-0.39, 0.29) is 5.91 Å². The Hall–Kier alpha value is -3.09. The van der Waals surface area contributed by atoms with Gasteiger partial charge in [-0.3, -0.25) is 14.2 Å². The monoisotopic (exact) mass is 354 g/mol. The number of piperazine rings is 1. The lowest BCUT2D eigenvalue weighted by molar-refractivity contribution is -0.126. The summed E-state index contributed by atoms with van der Waals surface area (Å²) in [5.74, 6) is -0.131. The minimum Gasteiger partial charge on any atom is -0.368 e. The molecule has 0 aliphatic carbocycles. The molecular weight excluding hydrogens is 332 g/mol. The zero-order valence-electron chi connectivity index (χ0n) is 15.0. The minimum atomic E-state index is -0.411. The van der Waals surface area contributed by atoms with Crippen LogP contribution in [0.1, 0.15) is 5.56 Å². The molecule has 3 rings (SSSR count). The van der Waals surface area contributed by atoms with Crippen molar-refractivity contribution in [3.8, 4) is 0 Å². The predicted molar refractivity (Wildman–Crippen MR) is 101 cm³/mol. The zero-order chi connectivity index (χ0) is 18.7. The molecular formula is C19H22N4O3. The Bertz CT molecular complexity index is 935. The third-order valence-corrected chi connectivity index (χ3v) is 4.59. The summed E-state index contributed by atoms with van der Waals surface area (Å²) >= 11 is 0. The van der Waals surface area contributed by atoms with Gasteiger partial charge in [0.2, 0.25) is 5.91 Å². The number of hydrogen-bond donors (Lipinski definition) is 0. The third-order valence-electron chi connectivity index (χ3n) is 4.59. The molecule has 1 aromatic carbocycles. The number of nitrogens with zero attached hydrogens (tertiary/aromatic N) is 4. The SMILES string of the molecule is Cn1cc(/C=C/C(=O)N2CCN(c3ccccc3)CC2)c(=O)n(C)c1=O. The number of amides is 1. The van der Waals surface area contributed by atoms with Gasteiger partial charge in [-0.05, 0) is 18.2 Å². The highest BCUT2D eigenvalue weighted by molar-refractivity contribution is 5.91. The Morgan fingerprint density at radius 2 is 1.65 bits per heavy atom. The van der Waals surface area contributed by atoms with Crippen LogP contribution in [0.25, 0.3) is 6.08 Å². The van der Waals surface area contributed by atoms with Gasteiger partial charge in [0, 0.05) is 58.2 Å². The van der Waals surface area contributed by atoms with E-state index in [1.807, 2.05) is 18.2 Å². The molecule has 0 unspecified atom stereocenters. The van der Waals surface area contributed by atoms with Crippen molar-refractivity contribution in [2.75, 3.05) is 31.1 Å². The summed E-state index contributed by atoms with van der Waals surface area (Å²) in [7, 11) is 3.00. The third kappa shape index (κ3) is 3.61. The number of rotatable bonds is 3. The van der Waals surface area contributed by atoms with E-state index in [0.717, 1.165) is 23.3 Å². The van der Waals surface area contributed by atoms with Crippen LogP contribution in [0.2, 0.25) is 0 Å². The van der Waals surface area contributed by atoms with E-state index in [1.165, 1.54) is 30.0 Å². The summed E-state index contributed by atoms with van der Waals surface area (Å²) < 4.78 is 2.35. The van der Waals surface area contributed by atoms with E-state index in [4.69, 9.17) is 0 Å². The van der Waals surface area contributed by atoms with Crippen molar-refractivity contribution in [2.45, 2.75) is 0 Å². The zero-order valence-corrected chi connectivity index (χ0v) is 15.0. The first kappa shape index (κ1) is 17.7. The van der Waals surface area contributed by atoms with Gasteiger partial charge in [-0.2, -0.15) is 0 Å². The van der Waals surface area contributed by atoms with Crippen LogP contribution < -0.4 is 16.1 Å². The molecule has 26 heavy (non-hydrogen) atoms. The number of aryl methyl sites for hydroxylation is 1. The van der Waals surface area contributed by atoms with Crippen molar-refractivity contribution in [1.82, 2.24) is 14.0 Å². The molecule has 1 fully saturated rings. The van der Waals surface area contributed by atoms with Gasteiger partial charge in [-0.1, -0.05) is 18.2 Å². The van der Waals surface area contributed by atoms with Gasteiger partial charge in [0.15, 0.2) is 0 Å². The highest BCUT2D eigenvalue weighted by Gasteiger charge is 2.19. The average Bonchev–Trinajstić information content (AvgIpc) is 2.68. The number of benzene rings is 1. The lowest BCUT2D eigenvalue weighted by Crippen LogP contribution is -2.48. The lowest BCUT2D eigenvalue weighted by Gasteiger charge is -2.35. The maximum Gasteiger partial charge on any atom is 0.330 e. The second-order valence-electron chi connectivity index (χ2n) is 6.32. The highest BCUT2D eigenvalue weighted by Crippen LogP contribution is 2.15. The summed E-state index contributed by atoms with van der Waals surface area (Å²) in [5.41, 5.74) is 0.663. The van der Waals surface area contributed by atoms with Crippen LogP contribution in [-0.4, -0.2) is 46.1 Å². The first-order chi connectivity index (χ1) is 12.5. The lowest BCUT2D eigenvalue weighted by atomic mass is 10.2. The van der Waals surface area contributed by atoms with Gasteiger partial charge in [-0.25, -0.2) is 4.79 Å². The molecule has 1 aliphatic rings. The molecule has 0 atom stereocenters. The van der Waals surface area contributed by atoms with E-state index in [0.29, 0.717) is 18.7 Å². The fourth-order valence-corrected chi connectivity index (χ4v) is 3.04. The standard InChI is InChI=1S/C19H22N4O3/c1-20-14-15(18(25)21(2)19(20)26)8-9-17(24)23-12-10-22(11-13-23)16-6-4-3-5-7-16/h3-9,14H,10-13H2,1-2H3/b9-8+. The molecule has 1 aliphatic heterocycles. The van der Waals surface area contributed by atoms with E-state index < -0.39 is 11.2 Å². The second-order valence-corrected chi connectivity index (χ2v) is 6.32. The molecule has 136 valence electrons. The van der Waals surface area contributed by atoms with Crippen LogP contribution in [0.5, 0.6) is 0 Å². The Balaban J connectivity index is 1.66. The van der Waals surface area contributed by atoms with E-state index >= 15 is 0 Å². The molecule has 0 bridgehead atoms. The quantitative estimate of drug-likeness (QED) is 0.751. The van der Waals surface area contributed by atoms with Crippen LogP contribution in [-0.2, 0) is 18.9 Å². The molecule has 7 nitrogen and oxygen atoms in total. The second kappa shape index (κ2) is 7.43. The number of hydrogen-bond acceptors (Lipinski definition) is 4. The van der Waals surface area contributed by atoms with E-state index in [2.05, 4.69) is 17.0 Å². The Labute approximate surface area is 151 Å². The highest BCUT2D eigenvalue weighted by atomic mass is 16.2. The van der Waals surface area contributed by atoms with E-state index in [9.17, 15) is 14.4 Å². The summed E-state index contributed by atoms with van der Waals surface area (Å²) in [6, 6.07) is 10.1. The van der Waals surface area contributed by atoms with Gasteiger partial charge < -0.3 is 14.4 Å². The van der Waals surface area contributed by atoms with Crippen molar-refractivity contribution < 1.29 is 4.79 Å². The van der Waals surface area contributed by atoms with Crippen molar-refractivity contribution in [1.29, 1.82) is 0 Å². The molecule has 0 radical (unpaired) electrons. The number of carbonyl (C=O) groups excluding carboxylic acids is 1. The maximum atomic E-state index is 12.4. The minimum absolute atomic E-state index is 0.131. The maximum absolute atomic E-state index is 12.4. The van der Waals surface area contributed by atoms with Gasteiger partial charge >= 0.3 is 5.69 Å². The van der Waals surface area contributed by atoms with Gasteiger partial charge in [0.25, 0.3) is 5.56 Å². The molecule has 7 heteroatoms. The fraction of sp³-hybridized carbons (Fsp3) is 0.316. The largest absolute Gasteiger partial charge is 0.368 e. The molecule has 0 N–H and O–H groups in total. The van der Waals surface area contributed by atoms with Crippen LogP contribution in [0.4, 0.5) is 5.69 Å². The molecule has 0 saturated carbocycles. The fourth-order valence-electron chi connectivity index (χ4n) is 3.04. The molecule has 1 amide bonds. The molecule has 2 heterocycles. The predicted octanol–water partition coefficient (Wildman–Crippen LogP) is 0.446. The Kier molecular flexibility index (Phi) is 5.06. The Morgan fingerprint density at radius 1 is 1.00 bits per heavy atom. The van der Waals surface area contributed by atoms with Crippen LogP contribution >= 0.6 is 0 Å². The summed E-state index contributed by atoms with van der Waals surface area (Å²) in [6.07, 6.45) is 4.33. The van der Waals surface area contributed by atoms with Crippen LogP contribution in [0.3, 0.4) is 0 Å². The molecule has 0 spiro atoms. The number of para-hydroxylation sites is 1. The summed E-state index contributed by atoms with van der Waals surface area (Å²) in [6.45, 7) is 2.79. The smallest absolute Gasteiger partial charge is 0.330 e. The molecule has 1 saturated heterocycles. The number of carbonyl (C=O) groups is 1. The Morgan fingerprint density at radius 3 is 2.31 bits per heavy atom. The molecule has 2 aromatic rings.